The SMILES string of the molecule is COC(=O)COc1c(OC)cccc1[C@@H]1CC(=O)Oc2ccc3c(c21)O/C(=C\c1ccc(OC)c(OC)c1OC)C3=O. The lowest BCUT2D eigenvalue weighted by Gasteiger charge is -2.28. The molecule has 42 heavy (non-hydrogen) atoms. The highest BCUT2D eigenvalue weighted by molar-refractivity contribution is 6.15. The maximum absolute atomic E-state index is 13.6. The minimum Gasteiger partial charge on any atom is -0.493 e. The van der Waals surface area contributed by atoms with E-state index in [1.165, 1.54) is 35.5 Å². The number of carbonyl (C=O) groups excluding carboxylic acids is 3. The van der Waals surface area contributed by atoms with E-state index >= 15 is 0 Å². The fourth-order valence-electron chi connectivity index (χ4n) is 5.06. The first-order chi connectivity index (χ1) is 20.3. The number of rotatable bonds is 9. The van der Waals surface area contributed by atoms with Gasteiger partial charge >= 0.3 is 11.9 Å². The second-order valence-corrected chi connectivity index (χ2v) is 9.19. The molecule has 3 aromatic carbocycles. The number of benzene rings is 3. The van der Waals surface area contributed by atoms with Crippen molar-refractivity contribution in [1.82, 2.24) is 0 Å². The summed E-state index contributed by atoms with van der Waals surface area (Å²) in [6, 6.07) is 11.7. The highest BCUT2D eigenvalue weighted by Gasteiger charge is 2.40. The smallest absolute Gasteiger partial charge is 0.343 e. The van der Waals surface area contributed by atoms with Crippen LogP contribution >= 0.6 is 0 Å². The number of esters is 2. The highest BCUT2D eigenvalue weighted by atomic mass is 16.6. The van der Waals surface area contributed by atoms with E-state index in [-0.39, 0.29) is 41.8 Å². The van der Waals surface area contributed by atoms with Crippen LogP contribution in [-0.4, -0.2) is 59.9 Å². The van der Waals surface area contributed by atoms with Crippen LogP contribution in [0.25, 0.3) is 6.08 Å². The molecule has 3 aromatic rings. The topological polar surface area (TPSA) is 125 Å². The second-order valence-electron chi connectivity index (χ2n) is 9.19. The van der Waals surface area contributed by atoms with Gasteiger partial charge in [0.2, 0.25) is 11.5 Å². The van der Waals surface area contributed by atoms with Gasteiger partial charge in [-0.3, -0.25) is 9.59 Å². The summed E-state index contributed by atoms with van der Waals surface area (Å²) in [6.45, 7) is -0.379. The van der Waals surface area contributed by atoms with Crippen LogP contribution in [0.2, 0.25) is 0 Å². The maximum atomic E-state index is 13.6. The third-order valence-corrected chi connectivity index (χ3v) is 6.97. The number of Topliss-reactive ketones (excluding diaryl/α,β-unsaturated/α-hetero) is 1. The molecule has 0 fully saturated rings. The molecule has 2 aliphatic rings. The van der Waals surface area contributed by atoms with Crippen molar-refractivity contribution >= 4 is 23.8 Å². The fourth-order valence-corrected chi connectivity index (χ4v) is 5.06. The van der Waals surface area contributed by atoms with Gasteiger partial charge in [0.1, 0.15) is 11.5 Å². The van der Waals surface area contributed by atoms with Crippen molar-refractivity contribution in [2.75, 3.05) is 42.2 Å². The molecule has 0 saturated carbocycles. The maximum Gasteiger partial charge on any atom is 0.343 e. The van der Waals surface area contributed by atoms with E-state index < -0.39 is 17.9 Å². The lowest BCUT2D eigenvalue weighted by molar-refractivity contribution is -0.143. The van der Waals surface area contributed by atoms with Gasteiger partial charge < -0.3 is 37.9 Å². The minimum atomic E-state index is -0.651. The Hall–Kier alpha value is -5.19. The number of ether oxygens (including phenoxy) is 8. The largest absolute Gasteiger partial charge is 0.493 e. The summed E-state index contributed by atoms with van der Waals surface area (Å²) in [7, 11) is 7.19. The van der Waals surface area contributed by atoms with Gasteiger partial charge in [0.15, 0.2) is 35.4 Å². The van der Waals surface area contributed by atoms with E-state index in [4.69, 9.17) is 37.9 Å². The van der Waals surface area contributed by atoms with Gasteiger partial charge in [-0.1, -0.05) is 12.1 Å². The van der Waals surface area contributed by atoms with E-state index in [1.807, 2.05) is 0 Å². The average molecular weight is 577 g/mol. The molecular weight excluding hydrogens is 548 g/mol. The Labute approximate surface area is 241 Å². The van der Waals surface area contributed by atoms with Gasteiger partial charge in [-0.25, -0.2) is 4.79 Å². The number of fused-ring (bicyclic) bond motifs is 3. The van der Waals surface area contributed by atoms with E-state index in [1.54, 1.807) is 48.5 Å². The molecule has 0 unspecified atom stereocenters. The molecule has 11 nitrogen and oxygen atoms in total. The Morgan fingerprint density at radius 2 is 1.60 bits per heavy atom. The molecule has 0 aliphatic carbocycles. The summed E-state index contributed by atoms with van der Waals surface area (Å²) < 4.78 is 44.2. The Morgan fingerprint density at radius 3 is 2.29 bits per heavy atom. The first-order valence-corrected chi connectivity index (χ1v) is 12.8. The van der Waals surface area contributed by atoms with Crippen LogP contribution in [-0.2, 0) is 14.3 Å². The summed E-state index contributed by atoms with van der Waals surface area (Å²) in [5, 5.41) is 0. The standard InChI is InChI=1S/C31H28O11/c1-35-21-8-6-7-17(29(21)40-15-25(33)37-3)19-14-24(32)41-20-12-10-18-27(34)23(42-30(18)26(19)20)13-16-9-11-22(36-2)31(39-5)28(16)38-4/h6-13,19H,14-15H2,1-5H3/b23-13-/t19-/m0/s1. The molecule has 0 aromatic heterocycles. The van der Waals surface area contributed by atoms with E-state index in [2.05, 4.69) is 0 Å². The molecule has 0 bridgehead atoms. The van der Waals surface area contributed by atoms with Crippen molar-refractivity contribution in [2.45, 2.75) is 12.3 Å². The van der Waals surface area contributed by atoms with Crippen LogP contribution in [0.1, 0.15) is 39.4 Å². The normalized spacial score (nSPS) is 16.1. The van der Waals surface area contributed by atoms with Gasteiger partial charge in [0, 0.05) is 22.6 Å². The van der Waals surface area contributed by atoms with Crippen LogP contribution in [0.4, 0.5) is 0 Å². The molecule has 2 aliphatic heterocycles. The number of para-hydroxylation sites is 1. The van der Waals surface area contributed by atoms with Gasteiger partial charge in [0.25, 0.3) is 0 Å². The molecule has 0 spiro atoms. The van der Waals surface area contributed by atoms with Crippen LogP contribution in [0, 0.1) is 0 Å². The van der Waals surface area contributed by atoms with E-state index in [0.29, 0.717) is 45.3 Å². The molecule has 218 valence electrons. The summed E-state index contributed by atoms with van der Waals surface area (Å²) in [5.74, 6) is 0.217. The molecule has 0 amide bonds. The third kappa shape index (κ3) is 4.93. The summed E-state index contributed by atoms with van der Waals surface area (Å²) in [6.07, 6.45) is 1.47. The Kier molecular flexibility index (Phi) is 7.92. The summed E-state index contributed by atoms with van der Waals surface area (Å²) in [4.78, 5) is 38.1. The average Bonchev–Trinajstić information content (AvgIpc) is 3.33. The minimum absolute atomic E-state index is 0.0346. The van der Waals surface area contributed by atoms with Crippen LogP contribution in [0.3, 0.4) is 0 Å². The Morgan fingerprint density at radius 1 is 0.857 bits per heavy atom. The van der Waals surface area contributed by atoms with Gasteiger partial charge in [-0.15, -0.1) is 0 Å². The van der Waals surface area contributed by atoms with Crippen molar-refractivity contribution < 1.29 is 52.3 Å². The lowest BCUT2D eigenvalue weighted by atomic mass is 9.84. The van der Waals surface area contributed by atoms with Crippen LogP contribution in [0.15, 0.2) is 48.2 Å². The molecular formula is C31H28O11. The predicted molar refractivity (Wildman–Crippen MR) is 148 cm³/mol. The van der Waals surface area contributed by atoms with Crippen molar-refractivity contribution in [3.8, 4) is 40.2 Å². The van der Waals surface area contributed by atoms with Crippen LogP contribution in [0.5, 0.6) is 40.2 Å². The number of methoxy groups -OCH3 is 5. The summed E-state index contributed by atoms with van der Waals surface area (Å²) in [5.41, 5.74) is 1.84. The zero-order chi connectivity index (χ0) is 30.0. The Balaban J connectivity index is 1.61. The lowest BCUT2D eigenvalue weighted by Crippen LogP contribution is -2.22. The molecule has 5 rings (SSSR count). The van der Waals surface area contributed by atoms with Crippen molar-refractivity contribution in [3.63, 3.8) is 0 Å². The van der Waals surface area contributed by atoms with Gasteiger partial charge in [-0.2, -0.15) is 0 Å². The molecule has 0 N–H and O–H groups in total. The quantitative estimate of drug-likeness (QED) is 0.205. The highest BCUT2D eigenvalue weighted by Crippen LogP contribution is 2.52. The van der Waals surface area contributed by atoms with E-state index in [9.17, 15) is 14.4 Å². The van der Waals surface area contributed by atoms with Gasteiger partial charge in [0.05, 0.1) is 47.5 Å². The van der Waals surface area contributed by atoms with Gasteiger partial charge in [-0.05, 0) is 36.4 Å². The predicted octanol–water partition coefficient (Wildman–Crippen LogP) is 4.33. The third-order valence-electron chi connectivity index (χ3n) is 6.97. The number of allylic oxidation sites excluding steroid dienone is 1. The van der Waals surface area contributed by atoms with E-state index in [0.717, 1.165) is 0 Å². The summed E-state index contributed by atoms with van der Waals surface area (Å²) >= 11 is 0. The molecule has 2 heterocycles. The molecule has 0 radical (unpaired) electrons. The number of ketones is 1. The zero-order valence-electron chi connectivity index (χ0n) is 23.6. The number of hydrogen-bond acceptors (Lipinski definition) is 11. The first kappa shape index (κ1) is 28.3. The second kappa shape index (κ2) is 11.7. The monoisotopic (exact) mass is 576 g/mol. The van der Waals surface area contributed by atoms with Crippen molar-refractivity contribution in [3.05, 3.63) is 70.5 Å². The Bertz CT molecular complexity index is 1600. The number of hydrogen-bond donors (Lipinski definition) is 0. The van der Waals surface area contributed by atoms with Crippen molar-refractivity contribution in [2.24, 2.45) is 0 Å². The fraction of sp³-hybridized carbons (Fsp3) is 0.258. The van der Waals surface area contributed by atoms with Crippen LogP contribution < -0.4 is 33.2 Å². The zero-order valence-corrected chi connectivity index (χ0v) is 23.6. The molecule has 11 heteroatoms. The molecule has 0 saturated heterocycles. The number of carbonyl (C=O) groups is 3. The molecule has 1 atom stereocenters. The van der Waals surface area contributed by atoms with Crippen molar-refractivity contribution in [1.29, 1.82) is 0 Å². The first-order valence-electron chi connectivity index (χ1n) is 12.8.